The molecular weight excluding hydrogens is 293 g/mol. The molecule has 4 nitrogen and oxygen atoms in total. The lowest BCUT2D eigenvalue weighted by atomic mass is 10.1. The Morgan fingerprint density at radius 1 is 1.04 bits per heavy atom. The number of imidazole rings is 1. The van der Waals surface area contributed by atoms with Gasteiger partial charge in [0.15, 0.2) is 0 Å². The fraction of sp³-hybridized carbons (Fsp3) is 0.278. The Morgan fingerprint density at radius 2 is 1.83 bits per heavy atom. The van der Waals surface area contributed by atoms with Crippen LogP contribution in [0, 0.1) is 5.82 Å². The van der Waals surface area contributed by atoms with Gasteiger partial charge in [-0.2, -0.15) is 0 Å². The lowest BCUT2D eigenvalue weighted by Gasteiger charge is -2.06. The highest BCUT2D eigenvalue weighted by Gasteiger charge is 2.04. The number of aryl methyl sites for hydroxylation is 1. The second kappa shape index (κ2) is 7.24. The van der Waals surface area contributed by atoms with Crippen molar-refractivity contribution in [3.63, 3.8) is 0 Å². The molecule has 120 valence electrons. The zero-order chi connectivity index (χ0) is 16.1. The van der Waals surface area contributed by atoms with E-state index in [9.17, 15) is 9.18 Å². The highest BCUT2D eigenvalue weighted by molar-refractivity contribution is 5.74. The molecule has 3 rings (SSSR count). The molecule has 0 aliphatic carbocycles. The second-order valence-corrected chi connectivity index (χ2v) is 5.58. The Kier molecular flexibility index (Phi) is 4.88. The number of H-pyrrole nitrogens is 1. The summed E-state index contributed by atoms with van der Waals surface area (Å²) in [5, 5.41) is 3.36. The molecular formula is C18H20FN3O. The lowest BCUT2D eigenvalue weighted by Crippen LogP contribution is -2.22. The van der Waals surface area contributed by atoms with E-state index >= 15 is 0 Å². The van der Waals surface area contributed by atoms with Gasteiger partial charge in [-0.1, -0.05) is 24.3 Å². The minimum absolute atomic E-state index is 0.0579. The SMILES string of the molecule is O=c1[nH]c2ccccc2n1CCCNCCc1ccc(F)cc1. The molecule has 2 aromatic carbocycles. The van der Waals surface area contributed by atoms with Gasteiger partial charge in [0.05, 0.1) is 11.0 Å². The molecule has 0 fully saturated rings. The van der Waals surface area contributed by atoms with Gasteiger partial charge in [-0.25, -0.2) is 9.18 Å². The molecule has 0 amide bonds. The number of aromatic nitrogens is 2. The smallest absolute Gasteiger partial charge is 0.316 e. The molecule has 0 spiro atoms. The van der Waals surface area contributed by atoms with Crippen LogP contribution in [0.2, 0.25) is 0 Å². The molecule has 0 saturated carbocycles. The van der Waals surface area contributed by atoms with Gasteiger partial charge in [0, 0.05) is 6.54 Å². The molecule has 0 unspecified atom stereocenters. The van der Waals surface area contributed by atoms with Crippen molar-refractivity contribution in [3.8, 4) is 0 Å². The molecule has 23 heavy (non-hydrogen) atoms. The average Bonchev–Trinajstić information content (AvgIpc) is 2.88. The number of nitrogens with zero attached hydrogens (tertiary/aromatic N) is 1. The van der Waals surface area contributed by atoms with E-state index in [1.165, 1.54) is 12.1 Å². The van der Waals surface area contributed by atoms with Crippen LogP contribution in [0.4, 0.5) is 4.39 Å². The molecule has 3 aromatic rings. The quantitative estimate of drug-likeness (QED) is 0.659. The predicted molar refractivity (Wildman–Crippen MR) is 90.1 cm³/mol. The van der Waals surface area contributed by atoms with Crippen LogP contribution in [-0.2, 0) is 13.0 Å². The van der Waals surface area contributed by atoms with E-state index < -0.39 is 0 Å². The first kappa shape index (κ1) is 15.5. The summed E-state index contributed by atoms with van der Waals surface area (Å²) in [5.41, 5.74) is 2.88. The van der Waals surface area contributed by atoms with E-state index in [-0.39, 0.29) is 11.5 Å². The van der Waals surface area contributed by atoms with Crippen molar-refractivity contribution in [2.24, 2.45) is 0 Å². The average molecular weight is 313 g/mol. The number of fused-ring (bicyclic) bond motifs is 1. The van der Waals surface area contributed by atoms with Crippen molar-refractivity contribution in [2.75, 3.05) is 13.1 Å². The third-order valence-electron chi connectivity index (χ3n) is 3.92. The Morgan fingerprint density at radius 3 is 2.65 bits per heavy atom. The highest BCUT2D eigenvalue weighted by Crippen LogP contribution is 2.09. The van der Waals surface area contributed by atoms with E-state index in [2.05, 4.69) is 10.3 Å². The van der Waals surface area contributed by atoms with Crippen LogP contribution in [0.3, 0.4) is 0 Å². The molecule has 1 aromatic heterocycles. The third-order valence-corrected chi connectivity index (χ3v) is 3.92. The standard InChI is InChI=1S/C18H20FN3O/c19-15-8-6-14(7-9-15)10-12-20-11-3-13-22-17-5-2-1-4-16(17)21-18(22)23/h1-2,4-9,20H,3,10-13H2,(H,21,23). The number of para-hydroxylation sites is 2. The first-order valence-electron chi connectivity index (χ1n) is 7.87. The number of rotatable bonds is 7. The number of aromatic amines is 1. The van der Waals surface area contributed by atoms with E-state index in [0.29, 0.717) is 6.54 Å². The van der Waals surface area contributed by atoms with Crippen LogP contribution >= 0.6 is 0 Å². The van der Waals surface area contributed by atoms with Gasteiger partial charge >= 0.3 is 5.69 Å². The van der Waals surface area contributed by atoms with Crippen molar-refractivity contribution in [1.29, 1.82) is 0 Å². The van der Waals surface area contributed by atoms with E-state index in [4.69, 9.17) is 0 Å². The number of nitrogens with one attached hydrogen (secondary N) is 2. The Bertz CT molecular complexity index is 820. The number of benzene rings is 2. The number of hydrogen-bond acceptors (Lipinski definition) is 2. The van der Waals surface area contributed by atoms with Crippen molar-refractivity contribution < 1.29 is 4.39 Å². The Labute approximate surface area is 134 Å². The van der Waals surface area contributed by atoms with Crippen molar-refractivity contribution >= 4 is 11.0 Å². The lowest BCUT2D eigenvalue weighted by molar-refractivity contribution is 0.580. The number of hydrogen-bond donors (Lipinski definition) is 2. The first-order valence-corrected chi connectivity index (χ1v) is 7.87. The maximum absolute atomic E-state index is 12.8. The third kappa shape index (κ3) is 3.87. The second-order valence-electron chi connectivity index (χ2n) is 5.58. The molecule has 0 saturated heterocycles. The van der Waals surface area contributed by atoms with Crippen LogP contribution in [-0.4, -0.2) is 22.6 Å². The summed E-state index contributed by atoms with van der Waals surface area (Å²) in [7, 11) is 0. The molecule has 5 heteroatoms. The predicted octanol–water partition coefficient (Wildman–Crippen LogP) is 2.69. The summed E-state index contributed by atoms with van der Waals surface area (Å²) in [6.45, 7) is 2.37. The summed E-state index contributed by atoms with van der Waals surface area (Å²) < 4.78 is 14.6. The van der Waals surface area contributed by atoms with Gasteiger partial charge in [0.1, 0.15) is 5.82 Å². The first-order chi connectivity index (χ1) is 11.2. The molecule has 1 heterocycles. The molecule has 0 aliphatic rings. The molecule has 0 bridgehead atoms. The summed E-state index contributed by atoms with van der Waals surface area (Å²) in [4.78, 5) is 14.8. The van der Waals surface area contributed by atoms with Gasteiger partial charge in [-0.3, -0.25) is 4.57 Å². The zero-order valence-corrected chi connectivity index (χ0v) is 12.9. The Balaban J connectivity index is 1.43. The summed E-state index contributed by atoms with van der Waals surface area (Å²) in [6, 6.07) is 14.3. The maximum Gasteiger partial charge on any atom is 0.326 e. The van der Waals surface area contributed by atoms with Gasteiger partial charge in [0.2, 0.25) is 0 Å². The van der Waals surface area contributed by atoms with Crippen LogP contribution < -0.4 is 11.0 Å². The molecule has 0 aliphatic heterocycles. The minimum atomic E-state index is -0.203. The van der Waals surface area contributed by atoms with Crippen LogP contribution in [0.25, 0.3) is 11.0 Å². The maximum atomic E-state index is 12.8. The highest BCUT2D eigenvalue weighted by atomic mass is 19.1. The molecule has 2 N–H and O–H groups in total. The van der Waals surface area contributed by atoms with Gasteiger partial charge in [-0.15, -0.1) is 0 Å². The summed E-state index contributed by atoms with van der Waals surface area (Å²) in [6.07, 6.45) is 1.75. The van der Waals surface area contributed by atoms with Crippen LogP contribution in [0.5, 0.6) is 0 Å². The van der Waals surface area contributed by atoms with Crippen LogP contribution in [0.1, 0.15) is 12.0 Å². The fourth-order valence-corrected chi connectivity index (χ4v) is 2.70. The topological polar surface area (TPSA) is 49.8 Å². The van der Waals surface area contributed by atoms with Gasteiger partial charge in [0.25, 0.3) is 0 Å². The van der Waals surface area contributed by atoms with E-state index in [0.717, 1.165) is 42.5 Å². The van der Waals surface area contributed by atoms with Crippen molar-refractivity contribution in [1.82, 2.24) is 14.9 Å². The zero-order valence-electron chi connectivity index (χ0n) is 12.9. The Hall–Kier alpha value is -2.40. The molecule has 0 radical (unpaired) electrons. The van der Waals surface area contributed by atoms with Gasteiger partial charge < -0.3 is 10.3 Å². The van der Waals surface area contributed by atoms with Crippen molar-refractivity contribution in [3.05, 3.63) is 70.4 Å². The summed E-state index contributed by atoms with van der Waals surface area (Å²) in [5.74, 6) is -0.203. The normalized spacial score (nSPS) is 11.2. The fourth-order valence-electron chi connectivity index (χ4n) is 2.70. The minimum Gasteiger partial charge on any atom is -0.316 e. The summed E-state index contributed by atoms with van der Waals surface area (Å²) >= 11 is 0. The van der Waals surface area contributed by atoms with Gasteiger partial charge in [-0.05, 0) is 55.8 Å². The monoisotopic (exact) mass is 313 g/mol. The van der Waals surface area contributed by atoms with Crippen molar-refractivity contribution in [2.45, 2.75) is 19.4 Å². The molecule has 0 atom stereocenters. The number of halogens is 1. The van der Waals surface area contributed by atoms with E-state index in [1.807, 2.05) is 36.4 Å². The van der Waals surface area contributed by atoms with Crippen LogP contribution in [0.15, 0.2) is 53.3 Å². The largest absolute Gasteiger partial charge is 0.326 e. The van der Waals surface area contributed by atoms with E-state index in [1.54, 1.807) is 4.57 Å².